The fourth-order valence-electron chi connectivity index (χ4n) is 2.40. The van der Waals surface area contributed by atoms with Crippen LogP contribution in [0.15, 0.2) is 29.2 Å². The number of rotatable bonds is 9. The van der Waals surface area contributed by atoms with Crippen molar-refractivity contribution in [2.24, 2.45) is 0 Å². The molecule has 0 saturated heterocycles. The van der Waals surface area contributed by atoms with Crippen molar-refractivity contribution in [2.75, 3.05) is 33.7 Å². The molecule has 0 radical (unpaired) electrons. The Morgan fingerprint density at radius 3 is 2.07 bits per heavy atom. The first kappa shape index (κ1) is 23.6. The van der Waals surface area contributed by atoms with Gasteiger partial charge in [0.2, 0.25) is 10.0 Å². The Morgan fingerprint density at radius 1 is 1.07 bits per heavy atom. The Hall–Kier alpha value is -2.46. The molecule has 0 heterocycles. The van der Waals surface area contributed by atoms with E-state index in [1.807, 2.05) is 0 Å². The summed E-state index contributed by atoms with van der Waals surface area (Å²) in [4.78, 5) is 36.9. The lowest BCUT2D eigenvalue weighted by Crippen LogP contribution is -2.38. The van der Waals surface area contributed by atoms with E-state index >= 15 is 0 Å². The number of carbonyl (C=O) groups excluding carboxylic acids is 3. The lowest BCUT2D eigenvalue weighted by molar-refractivity contribution is -0.157. The van der Waals surface area contributed by atoms with Crippen LogP contribution < -0.4 is 5.32 Å². The van der Waals surface area contributed by atoms with E-state index in [9.17, 15) is 22.8 Å². The van der Waals surface area contributed by atoms with Crippen LogP contribution in [0.25, 0.3) is 0 Å². The average molecular weight is 413 g/mol. The summed E-state index contributed by atoms with van der Waals surface area (Å²) in [6.07, 6.45) is -0.955. The van der Waals surface area contributed by atoms with E-state index in [4.69, 9.17) is 4.74 Å². The summed E-state index contributed by atoms with van der Waals surface area (Å²) >= 11 is 0. The third kappa shape index (κ3) is 6.03. The molecule has 0 spiro atoms. The van der Waals surface area contributed by atoms with E-state index < -0.39 is 34.5 Å². The first-order valence-electron chi connectivity index (χ1n) is 8.83. The number of hydrogen-bond donors (Lipinski definition) is 1. The van der Waals surface area contributed by atoms with Gasteiger partial charge in [0, 0.05) is 32.7 Å². The maximum absolute atomic E-state index is 12.4. The van der Waals surface area contributed by atoms with Crippen molar-refractivity contribution < 1.29 is 27.5 Å². The zero-order valence-electron chi connectivity index (χ0n) is 16.8. The second-order valence-electron chi connectivity index (χ2n) is 6.16. The van der Waals surface area contributed by atoms with Gasteiger partial charge in [0.05, 0.1) is 4.90 Å². The van der Waals surface area contributed by atoms with Crippen molar-refractivity contribution in [1.29, 1.82) is 0 Å². The van der Waals surface area contributed by atoms with E-state index in [1.165, 1.54) is 40.4 Å². The van der Waals surface area contributed by atoms with Gasteiger partial charge in [0.1, 0.15) is 6.54 Å². The number of benzene rings is 1. The molecule has 9 nitrogen and oxygen atoms in total. The van der Waals surface area contributed by atoms with Gasteiger partial charge in [-0.1, -0.05) is 13.8 Å². The van der Waals surface area contributed by atoms with E-state index in [2.05, 4.69) is 5.32 Å². The molecule has 156 valence electrons. The molecule has 0 aliphatic heterocycles. The highest BCUT2D eigenvalue weighted by atomic mass is 32.2. The van der Waals surface area contributed by atoms with Crippen molar-refractivity contribution in [2.45, 2.75) is 31.8 Å². The molecule has 1 rings (SSSR count). The van der Waals surface area contributed by atoms with Crippen molar-refractivity contribution in [3.63, 3.8) is 0 Å². The predicted molar refractivity (Wildman–Crippen MR) is 103 cm³/mol. The van der Waals surface area contributed by atoms with E-state index in [1.54, 1.807) is 27.9 Å². The van der Waals surface area contributed by atoms with Crippen molar-refractivity contribution in [3.8, 4) is 0 Å². The highest BCUT2D eigenvalue weighted by molar-refractivity contribution is 7.89. The summed E-state index contributed by atoms with van der Waals surface area (Å²) < 4.78 is 31.1. The van der Waals surface area contributed by atoms with Gasteiger partial charge < -0.3 is 15.0 Å². The van der Waals surface area contributed by atoms with Gasteiger partial charge in [0.25, 0.3) is 11.8 Å². The minimum absolute atomic E-state index is 0.0863. The number of likely N-dealkylation sites (N-methyl/N-ethyl adjacent to an activating group) is 1. The monoisotopic (exact) mass is 413 g/mol. The Kier molecular flexibility index (Phi) is 8.58. The molecule has 0 aromatic heterocycles. The van der Waals surface area contributed by atoms with Crippen molar-refractivity contribution in [3.05, 3.63) is 29.8 Å². The largest absolute Gasteiger partial charge is 0.451 e. The third-order valence-electron chi connectivity index (χ3n) is 3.95. The van der Waals surface area contributed by atoms with Crippen LogP contribution in [0.4, 0.5) is 0 Å². The molecule has 0 fully saturated rings. The van der Waals surface area contributed by atoms with Gasteiger partial charge in [-0.15, -0.1) is 0 Å². The van der Waals surface area contributed by atoms with Crippen LogP contribution in [-0.2, 0) is 24.3 Å². The number of amides is 2. The number of carbonyl (C=O) groups is 3. The minimum Gasteiger partial charge on any atom is -0.451 e. The number of sulfonamides is 1. The molecule has 0 aliphatic carbocycles. The van der Waals surface area contributed by atoms with Crippen LogP contribution in [0.3, 0.4) is 0 Å². The lowest BCUT2D eigenvalue weighted by Gasteiger charge is -2.18. The first-order valence-corrected chi connectivity index (χ1v) is 10.3. The molecule has 1 aromatic rings. The maximum Gasteiger partial charge on any atom is 0.326 e. The minimum atomic E-state index is -3.61. The third-order valence-corrected chi connectivity index (χ3v) is 6.01. The number of ether oxygens (including phenoxy) is 1. The highest BCUT2D eigenvalue weighted by Crippen LogP contribution is 2.16. The van der Waals surface area contributed by atoms with Gasteiger partial charge in [0.15, 0.2) is 6.10 Å². The highest BCUT2D eigenvalue weighted by Gasteiger charge is 2.22. The molecule has 1 N–H and O–H groups in total. The molecular weight excluding hydrogens is 386 g/mol. The summed E-state index contributed by atoms with van der Waals surface area (Å²) in [7, 11) is -0.526. The Morgan fingerprint density at radius 2 is 1.61 bits per heavy atom. The smallest absolute Gasteiger partial charge is 0.326 e. The Labute approximate surface area is 165 Å². The van der Waals surface area contributed by atoms with E-state index in [0.717, 1.165) is 0 Å². The molecule has 0 saturated carbocycles. The predicted octanol–water partition coefficient (Wildman–Crippen LogP) is 0.467. The van der Waals surface area contributed by atoms with Gasteiger partial charge in [-0.3, -0.25) is 14.4 Å². The summed E-state index contributed by atoms with van der Waals surface area (Å²) in [5.41, 5.74) is 0.198. The van der Waals surface area contributed by atoms with Gasteiger partial charge in [-0.25, -0.2) is 8.42 Å². The van der Waals surface area contributed by atoms with Crippen molar-refractivity contribution >= 4 is 27.8 Å². The first-order chi connectivity index (χ1) is 13.0. The van der Waals surface area contributed by atoms with Crippen molar-refractivity contribution in [1.82, 2.24) is 14.5 Å². The molecule has 0 bridgehead atoms. The van der Waals surface area contributed by atoms with Gasteiger partial charge in [-0.05, 0) is 31.2 Å². The van der Waals surface area contributed by atoms with Crippen LogP contribution in [0.2, 0.25) is 0 Å². The zero-order chi connectivity index (χ0) is 21.5. The molecule has 2 amide bonds. The molecule has 28 heavy (non-hydrogen) atoms. The number of esters is 1. The SMILES string of the molecule is CCN(CC)S(=O)(=O)c1ccc(C(=O)NCC(=O)O[C@@H](C)C(=O)N(C)C)cc1. The summed E-state index contributed by atoms with van der Waals surface area (Å²) in [6, 6.07) is 5.43. The second kappa shape index (κ2) is 10.2. The molecule has 10 heteroatoms. The normalized spacial score (nSPS) is 12.4. The summed E-state index contributed by atoms with van der Waals surface area (Å²) in [6.45, 7) is 5.21. The molecule has 1 aromatic carbocycles. The van der Waals surface area contributed by atoms with Gasteiger partial charge >= 0.3 is 5.97 Å². The molecular formula is C18H27N3O6S. The summed E-state index contributed by atoms with van der Waals surface area (Å²) in [5.74, 6) is -1.68. The molecule has 0 aliphatic rings. The fraction of sp³-hybridized carbons (Fsp3) is 0.500. The lowest BCUT2D eigenvalue weighted by atomic mass is 10.2. The van der Waals surface area contributed by atoms with Crippen LogP contribution >= 0.6 is 0 Å². The van der Waals surface area contributed by atoms with E-state index in [0.29, 0.717) is 13.1 Å². The molecule has 0 unspecified atom stereocenters. The maximum atomic E-state index is 12.4. The average Bonchev–Trinajstić information content (AvgIpc) is 2.66. The Bertz CT molecular complexity index is 801. The van der Waals surface area contributed by atoms with Crippen LogP contribution in [0.5, 0.6) is 0 Å². The van der Waals surface area contributed by atoms with Gasteiger partial charge in [-0.2, -0.15) is 4.31 Å². The van der Waals surface area contributed by atoms with Crippen LogP contribution in [-0.4, -0.2) is 75.2 Å². The second-order valence-corrected chi connectivity index (χ2v) is 8.10. The quantitative estimate of drug-likeness (QED) is 0.589. The molecule has 1 atom stereocenters. The standard InChI is InChI=1S/C18H27N3O6S/c1-6-21(7-2)28(25,26)15-10-8-14(9-11-15)17(23)19-12-16(22)27-13(3)18(24)20(4)5/h8-11,13H,6-7,12H2,1-5H3,(H,19,23)/t13-/m0/s1. The van der Waals surface area contributed by atoms with E-state index in [-0.39, 0.29) is 16.4 Å². The fourth-order valence-corrected chi connectivity index (χ4v) is 3.86. The Balaban J connectivity index is 2.69. The summed E-state index contributed by atoms with van der Waals surface area (Å²) in [5, 5.41) is 2.38. The number of nitrogens with one attached hydrogen (secondary N) is 1. The number of hydrogen-bond acceptors (Lipinski definition) is 6. The van der Waals surface area contributed by atoms with Crippen LogP contribution in [0.1, 0.15) is 31.1 Å². The zero-order valence-corrected chi connectivity index (χ0v) is 17.6. The van der Waals surface area contributed by atoms with Crippen LogP contribution in [0, 0.1) is 0 Å². The number of nitrogens with zero attached hydrogens (tertiary/aromatic N) is 2. The topological polar surface area (TPSA) is 113 Å².